The van der Waals surface area contributed by atoms with Gasteiger partial charge in [-0.25, -0.2) is 0 Å². The number of nitrogens with zero attached hydrogens (tertiary/aromatic N) is 4. The molecule has 2 rings (SSSR count). The first kappa shape index (κ1) is 20.3. The van der Waals surface area contributed by atoms with Crippen LogP contribution in [0.4, 0.5) is 11.5 Å². The summed E-state index contributed by atoms with van der Waals surface area (Å²) in [5, 5.41) is 21.8. The van der Waals surface area contributed by atoms with Crippen molar-refractivity contribution in [2.45, 2.75) is 51.7 Å². The van der Waals surface area contributed by atoms with Crippen LogP contribution >= 0.6 is 0 Å². The Bertz CT molecular complexity index is 545. The first-order valence-corrected chi connectivity index (χ1v) is 8.42. The largest absolute Gasteiger partial charge is 0.386 e. The molecule has 1 fully saturated rings. The van der Waals surface area contributed by atoms with Crippen LogP contribution in [0.1, 0.15) is 40.5 Å². The summed E-state index contributed by atoms with van der Waals surface area (Å²) in [5.74, 6) is -0.162. The maximum atomic E-state index is 11.1. The smallest absolute Gasteiger partial charge is 0.363 e. The quantitative estimate of drug-likeness (QED) is 0.671. The highest BCUT2D eigenvalue weighted by Crippen LogP contribution is 2.36. The fraction of sp³-hybridized carbons (Fsp3) is 0.706. The van der Waals surface area contributed by atoms with Gasteiger partial charge >= 0.3 is 5.82 Å². The molecule has 0 bridgehead atoms. The standard InChI is InChI=1S/C15H24N4O3.C2H6/c1-14(2,17(3)4)15(20)8-5-9-18(11-15)12-6-7-13(16-10-12)19(21)22;1-2/h6-7,10,20H,5,8-9,11H2,1-4H3;1-2H3. The van der Waals surface area contributed by atoms with E-state index in [4.69, 9.17) is 0 Å². The van der Waals surface area contributed by atoms with Crippen LogP contribution in [0.5, 0.6) is 0 Å². The number of aromatic nitrogens is 1. The highest BCUT2D eigenvalue weighted by Gasteiger charge is 2.47. The molecule has 7 nitrogen and oxygen atoms in total. The molecule has 7 heteroatoms. The Labute approximate surface area is 144 Å². The number of hydrogen-bond donors (Lipinski definition) is 1. The van der Waals surface area contributed by atoms with E-state index < -0.39 is 10.5 Å². The average molecular weight is 338 g/mol. The van der Waals surface area contributed by atoms with Gasteiger partial charge in [0, 0.05) is 24.7 Å². The van der Waals surface area contributed by atoms with E-state index in [1.54, 1.807) is 6.07 Å². The van der Waals surface area contributed by atoms with Gasteiger partial charge in [-0.05, 0) is 56.8 Å². The van der Waals surface area contributed by atoms with E-state index in [1.807, 2.05) is 51.6 Å². The van der Waals surface area contributed by atoms with Crippen molar-refractivity contribution in [2.75, 3.05) is 32.1 Å². The normalized spacial score (nSPS) is 21.2. The van der Waals surface area contributed by atoms with Crippen molar-refractivity contribution in [3.8, 4) is 0 Å². The third-order valence-electron chi connectivity index (χ3n) is 5.01. The number of aliphatic hydroxyl groups is 1. The molecule has 136 valence electrons. The summed E-state index contributed by atoms with van der Waals surface area (Å²) in [4.78, 5) is 18.1. The van der Waals surface area contributed by atoms with E-state index >= 15 is 0 Å². The number of pyridine rings is 1. The Morgan fingerprint density at radius 3 is 2.46 bits per heavy atom. The number of nitro groups is 1. The van der Waals surface area contributed by atoms with Crippen molar-refractivity contribution in [1.29, 1.82) is 0 Å². The minimum Gasteiger partial charge on any atom is -0.386 e. The monoisotopic (exact) mass is 338 g/mol. The molecule has 24 heavy (non-hydrogen) atoms. The third kappa shape index (κ3) is 4.02. The Morgan fingerprint density at radius 1 is 1.38 bits per heavy atom. The third-order valence-corrected chi connectivity index (χ3v) is 5.01. The van der Waals surface area contributed by atoms with Crippen LogP contribution in [0.25, 0.3) is 0 Å². The predicted octanol–water partition coefficient (Wildman–Crippen LogP) is 2.69. The molecule has 0 aliphatic carbocycles. The van der Waals surface area contributed by atoms with E-state index in [2.05, 4.69) is 4.98 Å². The molecule has 1 unspecified atom stereocenters. The molecule has 0 radical (unpaired) electrons. The number of likely N-dealkylation sites (N-methyl/N-ethyl adjacent to an activating group) is 1. The van der Waals surface area contributed by atoms with Gasteiger partial charge in [0.25, 0.3) is 0 Å². The van der Waals surface area contributed by atoms with Crippen LogP contribution in [-0.4, -0.2) is 58.2 Å². The van der Waals surface area contributed by atoms with Gasteiger partial charge in [0.1, 0.15) is 0 Å². The Morgan fingerprint density at radius 2 is 2.00 bits per heavy atom. The van der Waals surface area contributed by atoms with Gasteiger partial charge in [-0.3, -0.25) is 0 Å². The summed E-state index contributed by atoms with van der Waals surface area (Å²) in [7, 11) is 3.93. The summed E-state index contributed by atoms with van der Waals surface area (Å²) >= 11 is 0. The number of rotatable bonds is 4. The minimum atomic E-state index is -0.851. The van der Waals surface area contributed by atoms with E-state index in [9.17, 15) is 15.2 Å². The minimum absolute atomic E-state index is 0.162. The Balaban J connectivity index is 0.00000139. The first-order valence-electron chi connectivity index (χ1n) is 8.42. The molecule has 0 amide bonds. The second kappa shape index (κ2) is 7.90. The van der Waals surface area contributed by atoms with Gasteiger partial charge < -0.3 is 25.0 Å². The van der Waals surface area contributed by atoms with Gasteiger partial charge in [-0.15, -0.1) is 0 Å². The molecular formula is C17H30N4O3. The summed E-state index contributed by atoms with van der Waals surface area (Å²) in [6.07, 6.45) is 3.10. The molecular weight excluding hydrogens is 308 g/mol. The molecule has 1 atom stereocenters. The van der Waals surface area contributed by atoms with Crippen LogP contribution in [0.2, 0.25) is 0 Å². The molecule has 1 N–H and O–H groups in total. The highest BCUT2D eigenvalue weighted by atomic mass is 16.6. The van der Waals surface area contributed by atoms with Gasteiger partial charge in [0.15, 0.2) is 6.20 Å². The fourth-order valence-corrected chi connectivity index (χ4v) is 2.85. The predicted molar refractivity (Wildman–Crippen MR) is 96.4 cm³/mol. The Hall–Kier alpha value is -1.73. The van der Waals surface area contributed by atoms with Gasteiger partial charge in [-0.1, -0.05) is 13.8 Å². The molecule has 1 aromatic rings. The van der Waals surface area contributed by atoms with Crippen LogP contribution in [0, 0.1) is 10.1 Å². The topological polar surface area (TPSA) is 82.7 Å². The van der Waals surface area contributed by atoms with Crippen molar-refractivity contribution >= 4 is 11.5 Å². The zero-order chi connectivity index (χ0) is 18.5. The molecule has 1 aliphatic heterocycles. The molecule has 0 aromatic carbocycles. The number of hydrogen-bond acceptors (Lipinski definition) is 6. The zero-order valence-electron chi connectivity index (χ0n) is 15.6. The van der Waals surface area contributed by atoms with Crippen molar-refractivity contribution in [1.82, 2.24) is 9.88 Å². The van der Waals surface area contributed by atoms with Crippen molar-refractivity contribution in [2.24, 2.45) is 0 Å². The van der Waals surface area contributed by atoms with Gasteiger partial charge in [0.05, 0.1) is 11.3 Å². The molecule has 0 spiro atoms. The summed E-state index contributed by atoms with van der Waals surface area (Å²) in [6, 6.07) is 3.10. The number of piperidine rings is 1. The van der Waals surface area contributed by atoms with Crippen LogP contribution in [0.15, 0.2) is 18.3 Å². The second-order valence-corrected chi connectivity index (χ2v) is 6.64. The molecule has 0 saturated carbocycles. The van der Waals surface area contributed by atoms with Crippen molar-refractivity contribution in [3.05, 3.63) is 28.4 Å². The summed E-state index contributed by atoms with van der Waals surface area (Å²) in [5.41, 5.74) is -0.422. The van der Waals surface area contributed by atoms with Crippen LogP contribution < -0.4 is 4.90 Å². The SMILES string of the molecule is CC.CN(C)C(C)(C)C1(O)CCCN(c2ccc([N+](=O)[O-])nc2)C1. The number of β-amino-alcohol motifs (C(OH)–C–C–N with tert-alkyl or cyclic N) is 1. The van der Waals surface area contributed by atoms with Crippen LogP contribution in [-0.2, 0) is 0 Å². The lowest BCUT2D eigenvalue weighted by molar-refractivity contribution is -0.389. The maximum absolute atomic E-state index is 11.1. The van der Waals surface area contributed by atoms with Crippen LogP contribution in [0.3, 0.4) is 0 Å². The lowest BCUT2D eigenvalue weighted by Gasteiger charge is -2.51. The maximum Gasteiger partial charge on any atom is 0.363 e. The Kier molecular flexibility index (Phi) is 6.68. The zero-order valence-corrected chi connectivity index (χ0v) is 15.6. The lowest BCUT2D eigenvalue weighted by Crippen LogP contribution is -2.65. The van der Waals surface area contributed by atoms with E-state index in [0.717, 1.165) is 25.1 Å². The average Bonchev–Trinajstić information content (AvgIpc) is 2.56. The van der Waals surface area contributed by atoms with E-state index in [1.165, 1.54) is 12.3 Å². The highest BCUT2D eigenvalue weighted by molar-refractivity contribution is 5.47. The van der Waals surface area contributed by atoms with Crippen molar-refractivity contribution < 1.29 is 10.0 Å². The van der Waals surface area contributed by atoms with Crippen molar-refractivity contribution in [3.63, 3.8) is 0 Å². The molecule has 1 aliphatic rings. The summed E-state index contributed by atoms with van der Waals surface area (Å²) in [6.45, 7) is 9.36. The molecule has 1 aromatic heterocycles. The molecule has 2 heterocycles. The lowest BCUT2D eigenvalue weighted by atomic mass is 9.76. The first-order chi connectivity index (χ1) is 11.2. The fourth-order valence-electron chi connectivity index (χ4n) is 2.85. The molecule has 1 saturated heterocycles. The van der Waals surface area contributed by atoms with E-state index in [0.29, 0.717) is 6.54 Å². The summed E-state index contributed by atoms with van der Waals surface area (Å²) < 4.78 is 0. The van der Waals surface area contributed by atoms with E-state index in [-0.39, 0.29) is 11.4 Å². The number of anilines is 1. The second-order valence-electron chi connectivity index (χ2n) is 6.64. The van der Waals surface area contributed by atoms with Gasteiger partial charge in [-0.2, -0.15) is 0 Å². The van der Waals surface area contributed by atoms with Gasteiger partial charge in [0.2, 0.25) is 0 Å².